The molecular weight excluding hydrogens is 518 g/mol. The molecule has 2 rings (SSSR count). The molecule has 0 aromatic heterocycles. The highest BCUT2D eigenvalue weighted by atomic mass is 79.9. The quantitative estimate of drug-likeness (QED) is 0.298. The van der Waals surface area contributed by atoms with Crippen LogP contribution in [0.4, 0.5) is 5.69 Å². The fraction of sp³-hybridized carbons (Fsp3) is 0.389. The molecule has 0 fully saturated rings. The molecule has 7 nitrogen and oxygen atoms in total. The molecule has 0 saturated carbocycles. The van der Waals surface area contributed by atoms with Crippen molar-refractivity contribution in [2.45, 2.75) is 37.7 Å². The third-order valence-corrected chi connectivity index (χ3v) is 6.27. The summed E-state index contributed by atoms with van der Waals surface area (Å²) in [5.41, 5.74) is -0.223. The number of aliphatic carboxylic acids is 1. The predicted octanol–water partition coefficient (Wildman–Crippen LogP) is 3.86. The highest BCUT2D eigenvalue weighted by molar-refractivity contribution is 9.14. The summed E-state index contributed by atoms with van der Waals surface area (Å²) in [6, 6.07) is 6.52. The number of imide groups is 1. The molecule has 1 atom stereocenters. The minimum atomic E-state index is -1.57. The van der Waals surface area contributed by atoms with E-state index in [9.17, 15) is 14.4 Å². The highest BCUT2D eigenvalue weighted by Gasteiger charge is 2.37. The first kappa shape index (κ1) is 22.9. The molecule has 1 aliphatic rings. The molecule has 0 bridgehead atoms. The van der Waals surface area contributed by atoms with Gasteiger partial charge in [-0.15, -0.1) is 12.6 Å². The van der Waals surface area contributed by atoms with Gasteiger partial charge in [0.25, 0.3) is 11.8 Å². The van der Waals surface area contributed by atoms with Gasteiger partial charge in [-0.25, -0.2) is 9.69 Å². The monoisotopic (exact) mass is 535 g/mol. The van der Waals surface area contributed by atoms with Crippen LogP contribution in [-0.4, -0.2) is 40.0 Å². The van der Waals surface area contributed by atoms with Crippen LogP contribution in [0.3, 0.4) is 0 Å². The smallest absolute Gasteiger partial charge is 0.346 e. The molecule has 0 aliphatic carbocycles. The van der Waals surface area contributed by atoms with Gasteiger partial charge in [0.05, 0.1) is 12.3 Å². The Morgan fingerprint density at radius 2 is 1.61 bits per heavy atom. The molecule has 1 aliphatic heterocycles. The minimum Gasteiger partial charge on any atom is -0.488 e. The number of hydrogen-bond acceptors (Lipinski definition) is 6. The Morgan fingerprint density at radius 3 is 2.07 bits per heavy atom. The van der Waals surface area contributed by atoms with Gasteiger partial charge in [0.15, 0.2) is 0 Å². The second-order valence-corrected chi connectivity index (χ2v) is 9.26. The summed E-state index contributed by atoms with van der Waals surface area (Å²) in [5, 5.41) is 9.00. The number of rotatable bonds is 8. The number of anilines is 1. The number of amides is 2. The zero-order valence-corrected chi connectivity index (χ0v) is 19.4. The first-order chi connectivity index (χ1) is 12.9. The third-order valence-electron chi connectivity index (χ3n) is 3.95. The van der Waals surface area contributed by atoms with E-state index >= 15 is 0 Å². The maximum atomic E-state index is 12.2. The average Bonchev–Trinajstić information content (AvgIpc) is 2.78. The average molecular weight is 537 g/mol. The van der Waals surface area contributed by atoms with Crippen LogP contribution in [0.1, 0.15) is 27.2 Å². The number of carbonyl (C=O) groups excluding carboxylic acids is 2. The second-order valence-electron chi connectivity index (χ2n) is 6.82. The summed E-state index contributed by atoms with van der Waals surface area (Å²) >= 11 is 10.1. The van der Waals surface area contributed by atoms with Crippen molar-refractivity contribution in [1.29, 1.82) is 0 Å². The van der Waals surface area contributed by atoms with Gasteiger partial charge in [0.2, 0.25) is 4.93 Å². The molecule has 1 aromatic carbocycles. The van der Waals surface area contributed by atoms with Crippen molar-refractivity contribution in [3.8, 4) is 5.75 Å². The van der Waals surface area contributed by atoms with E-state index in [2.05, 4.69) is 44.5 Å². The molecule has 10 heteroatoms. The van der Waals surface area contributed by atoms with Crippen LogP contribution in [0.5, 0.6) is 5.75 Å². The van der Waals surface area contributed by atoms with Crippen molar-refractivity contribution in [2.24, 2.45) is 0 Å². The van der Waals surface area contributed by atoms with Crippen LogP contribution in [-0.2, 0) is 19.1 Å². The summed E-state index contributed by atoms with van der Waals surface area (Å²) in [7, 11) is 0. The van der Waals surface area contributed by atoms with Crippen molar-refractivity contribution in [3.05, 3.63) is 33.2 Å². The van der Waals surface area contributed by atoms with Crippen LogP contribution in [0.2, 0.25) is 0 Å². The van der Waals surface area contributed by atoms with Crippen LogP contribution in [0, 0.1) is 0 Å². The first-order valence-electron chi connectivity index (χ1n) is 8.18. The summed E-state index contributed by atoms with van der Waals surface area (Å²) < 4.78 is 11.6. The zero-order valence-electron chi connectivity index (χ0n) is 15.4. The number of thiol groups is 1. The van der Waals surface area contributed by atoms with Crippen LogP contribution in [0.25, 0.3) is 0 Å². The normalized spacial score (nSPS) is 17.1. The topological polar surface area (TPSA) is 93.1 Å². The molecule has 0 saturated heterocycles. The number of halogens is 2. The number of carboxylic acids is 1. The summed E-state index contributed by atoms with van der Waals surface area (Å²) in [6.45, 7) is 5.18. The van der Waals surface area contributed by atoms with Crippen molar-refractivity contribution < 1.29 is 29.0 Å². The van der Waals surface area contributed by atoms with Crippen LogP contribution >= 0.6 is 44.5 Å². The summed E-state index contributed by atoms with van der Waals surface area (Å²) in [6.07, 6.45) is 0.422. The van der Waals surface area contributed by atoms with Gasteiger partial charge in [0, 0.05) is 6.42 Å². The van der Waals surface area contributed by atoms with E-state index in [0.29, 0.717) is 17.9 Å². The number of benzene rings is 1. The molecule has 1 aromatic rings. The van der Waals surface area contributed by atoms with Crippen LogP contribution in [0.15, 0.2) is 33.2 Å². The molecule has 1 heterocycles. The van der Waals surface area contributed by atoms with Gasteiger partial charge in [-0.05, 0) is 76.9 Å². The molecule has 0 radical (unpaired) electrons. The molecule has 0 spiro atoms. The van der Waals surface area contributed by atoms with Gasteiger partial charge in [0.1, 0.15) is 20.3 Å². The van der Waals surface area contributed by atoms with E-state index < -0.39 is 28.3 Å². The van der Waals surface area contributed by atoms with Crippen molar-refractivity contribution in [2.75, 3.05) is 11.5 Å². The maximum Gasteiger partial charge on any atom is 0.346 e. The van der Waals surface area contributed by atoms with Crippen molar-refractivity contribution in [3.63, 3.8) is 0 Å². The van der Waals surface area contributed by atoms with Crippen molar-refractivity contribution >= 4 is 68.0 Å². The fourth-order valence-electron chi connectivity index (χ4n) is 2.30. The Balaban J connectivity index is 1.99. The maximum absolute atomic E-state index is 12.2. The van der Waals surface area contributed by atoms with E-state index in [4.69, 9.17) is 14.6 Å². The van der Waals surface area contributed by atoms with E-state index in [1.807, 2.05) is 13.8 Å². The molecule has 2 amide bonds. The molecule has 152 valence electrons. The zero-order chi connectivity index (χ0) is 21.3. The fourth-order valence-corrected chi connectivity index (χ4v) is 3.09. The van der Waals surface area contributed by atoms with Crippen LogP contribution < -0.4 is 9.64 Å². The molecule has 28 heavy (non-hydrogen) atoms. The van der Waals surface area contributed by atoms with Gasteiger partial charge in [-0.2, -0.15) is 0 Å². The lowest BCUT2D eigenvalue weighted by Crippen LogP contribution is -2.36. The lowest BCUT2D eigenvalue weighted by atomic mass is 10.1. The highest BCUT2D eigenvalue weighted by Crippen LogP contribution is 2.34. The van der Waals surface area contributed by atoms with E-state index in [1.54, 1.807) is 24.3 Å². The second kappa shape index (κ2) is 8.56. The lowest BCUT2D eigenvalue weighted by molar-refractivity contribution is -0.153. The summed E-state index contributed by atoms with van der Waals surface area (Å²) in [4.78, 5) is 34.8. The van der Waals surface area contributed by atoms with E-state index in [0.717, 1.165) is 4.90 Å². The Kier molecular flexibility index (Phi) is 7.01. The Bertz CT molecular complexity index is 811. The third kappa shape index (κ3) is 5.16. The largest absolute Gasteiger partial charge is 0.488 e. The molecule has 1 unspecified atom stereocenters. The lowest BCUT2D eigenvalue weighted by Gasteiger charge is -2.28. The predicted molar refractivity (Wildman–Crippen MR) is 114 cm³/mol. The number of nitrogens with zero attached hydrogens (tertiary/aromatic N) is 1. The van der Waals surface area contributed by atoms with Gasteiger partial charge < -0.3 is 14.6 Å². The standard InChI is InChI=1S/C18H19Br2NO6S/c1-17(2,8-9-26-18(3,28)16(24)25)27-11-6-4-10(5-7-11)21-14(22)12(19)13(20)15(21)23/h4-7,28H,8-9H2,1-3H3,(H,24,25). The Morgan fingerprint density at radius 1 is 1.11 bits per heavy atom. The summed E-state index contributed by atoms with van der Waals surface area (Å²) in [5.74, 6) is -1.53. The molecule has 1 N–H and O–H groups in total. The molecular formula is C18H19Br2NO6S. The Hall–Kier alpha value is -1.36. The first-order valence-corrected chi connectivity index (χ1v) is 10.2. The minimum absolute atomic E-state index is 0.141. The number of hydrogen-bond donors (Lipinski definition) is 2. The Labute approximate surface area is 184 Å². The van der Waals surface area contributed by atoms with Gasteiger partial charge in [-0.3, -0.25) is 9.59 Å². The van der Waals surface area contributed by atoms with Crippen molar-refractivity contribution in [1.82, 2.24) is 0 Å². The number of carboxylic acid groups (broad SMARTS) is 1. The van der Waals surface area contributed by atoms with E-state index in [1.165, 1.54) is 6.92 Å². The SMILES string of the molecule is CC(C)(CCOC(C)(S)C(=O)O)Oc1ccc(N2C(=O)C(Br)=C(Br)C2=O)cc1. The van der Waals surface area contributed by atoms with E-state index in [-0.39, 0.29) is 15.6 Å². The van der Waals surface area contributed by atoms with Gasteiger partial charge in [-0.1, -0.05) is 0 Å². The number of ether oxygens (including phenoxy) is 2. The van der Waals surface area contributed by atoms with Gasteiger partial charge >= 0.3 is 5.97 Å². The number of carbonyl (C=O) groups is 3.